The van der Waals surface area contributed by atoms with Gasteiger partial charge in [0.05, 0.1) is 0 Å². The quantitative estimate of drug-likeness (QED) is 0.532. The van der Waals surface area contributed by atoms with E-state index in [0.717, 1.165) is 10.0 Å². The molecule has 0 aliphatic heterocycles. The van der Waals surface area contributed by atoms with Crippen molar-refractivity contribution < 1.29 is 0 Å². The summed E-state index contributed by atoms with van der Waals surface area (Å²) in [6.07, 6.45) is 1.97. The van der Waals surface area contributed by atoms with Crippen molar-refractivity contribution >= 4 is 22.1 Å². The van der Waals surface area contributed by atoms with Crippen LogP contribution in [0.2, 0.25) is 0 Å². The van der Waals surface area contributed by atoms with Crippen molar-refractivity contribution in [1.82, 2.24) is 0 Å². The van der Waals surface area contributed by atoms with Crippen LogP contribution in [0.5, 0.6) is 0 Å². The lowest BCUT2D eigenvalue weighted by molar-refractivity contribution is 0.908. The Morgan fingerprint density at radius 3 is 1.86 bits per heavy atom. The molecule has 0 unspecified atom stereocenters. The molecule has 0 fully saturated rings. The Morgan fingerprint density at radius 2 is 1.27 bits per heavy atom. The molecule has 0 heterocycles. The number of hydrogen-bond donors (Lipinski definition) is 0. The first kappa shape index (κ1) is 13.5. The molecule has 0 atom stereocenters. The molecule has 1 aliphatic rings. The molecule has 0 radical (unpaired) electrons. The van der Waals surface area contributed by atoms with Crippen LogP contribution in [-0.2, 0) is 0 Å². The van der Waals surface area contributed by atoms with Crippen molar-refractivity contribution in [3.05, 3.63) is 94.0 Å². The third kappa shape index (κ3) is 2.30. The second kappa shape index (κ2) is 5.54. The summed E-state index contributed by atoms with van der Waals surface area (Å²) in [7, 11) is 0. The Bertz CT molecular complexity index is 804. The highest BCUT2D eigenvalue weighted by Gasteiger charge is 2.26. The van der Waals surface area contributed by atoms with Gasteiger partial charge in [-0.05, 0) is 39.9 Å². The monoisotopic (exact) mass is 347 g/mol. The zero-order valence-electron chi connectivity index (χ0n) is 11.9. The summed E-state index contributed by atoms with van der Waals surface area (Å²) in [5.74, 6) is 0. The fourth-order valence-corrected chi connectivity index (χ4v) is 3.26. The third-order valence-electron chi connectivity index (χ3n) is 4.04. The van der Waals surface area contributed by atoms with Crippen LogP contribution in [-0.4, -0.2) is 6.21 Å². The van der Waals surface area contributed by atoms with Gasteiger partial charge in [0.2, 0.25) is 0 Å². The number of aliphatic imine (C=N–C) groups is 1. The SMILES string of the molecule is Brc1ccc(C=NC2c3ccccc3-c3ccccc32)cc1. The van der Waals surface area contributed by atoms with Gasteiger partial charge in [-0.2, -0.15) is 0 Å². The maximum atomic E-state index is 4.87. The summed E-state index contributed by atoms with van der Waals surface area (Å²) in [6, 6.07) is 25.4. The maximum absolute atomic E-state index is 4.87. The average molecular weight is 348 g/mol. The molecule has 4 rings (SSSR count). The second-order valence-electron chi connectivity index (χ2n) is 5.41. The predicted octanol–water partition coefficient (Wildman–Crippen LogP) is 5.64. The minimum absolute atomic E-state index is 0.0936. The Morgan fingerprint density at radius 1 is 0.727 bits per heavy atom. The van der Waals surface area contributed by atoms with E-state index in [1.54, 1.807) is 0 Å². The Kier molecular flexibility index (Phi) is 3.39. The number of fused-ring (bicyclic) bond motifs is 3. The van der Waals surface area contributed by atoms with E-state index in [-0.39, 0.29) is 6.04 Å². The molecule has 2 heteroatoms. The molecule has 0 saturated heterocycles. The number of benzene rings is 3. The van der Waals surface area contributed by atoms with Gasteiger partial charge in [0.25, 0.3) is 0 Å². The van der Waals surface area contributed by atoms with Crippen molar-refractivity contribution in [2.24, 2.45) is 4.99 Å². The van der Waals surface area contributed by atoms with Gasteiger partial charge in [0.15, 0.2) is 0 Å². The molecule has 3 aromatic rings. The lowest BCUT2D eigenvalue weighted by Gasteiger charge is -2.07. The number of nitrogens with zero attached hydrogens (tertiary/aromatic N) is 1. The molecule has 0 bridgehead atoms. The van der Waals surface area contributed by atoms with E-state index in [4.69, 9.17) is 4.99 Å². The molecule has 0 amide bonds. The summed E-state index contributed by atoms with van der Waals surface area (Å²) in [5, 5.41) is 0. The lowest BCUT2D eigenvalue weighted by Crippen LogP contribution is -1.94. The van der Waals surface area contributed by atoms with Crippen molar-refractivity contribution in [1.29, 1.82) is 0 Å². The summed E-state index contributed by atoms with van der Waals surface area (Å²) in [6.45, 7) is 0. The largest absolute Gasteiger partial charge is 0.280 e. The van der Waals surface area contributed by atoms with Crippen molar-refractivity contribution in [2.45, 2.75) is 6.04 Å². The molecule has 1 nitrogen and oxygen atoms in total. The highest BCUT2D eigenvalue weighted by molar-refractivity contribution is 9.10. The third-order valence-corrected chi connectivity index (χ3v) is 4.57. The van der Waals surface area contributed by atoms with Crippen LogP contribution >= 0.6 is 15.9 Å². The molecule has 22 heavy (non-hydrogen) atoms. The Hall–Kier alpha value is -2.19. The van der Waals surface area contributed by atoms with Gasteiger partial charge in [0, 0.05) is 10.7 Å². The highest BCUT2D eigenvalue weighted by Crippen LogP contribution is 2.44. The van der Waals surface area contributed by atoms with Crippen molar-refractivity contribution in [3.63, 3.8) is 0 Å². The van der Waals surface area contributed by atoms with Gasteiger partial charge in [-0.15, -0.1) is 0 Å². The van der Waals surface area contributed by atoms with Gasteiger partial charge in [-0.3, -0.25) is 4.99 Å². The molecule has 106 valence electrons. The minimum Gasteiger partial charge on any atom is -0.280 e. The molecule has 3 aromatic carbocycles. The normalized spacial score (nSPS) is 13.3. The number of hydrogen-bond acceptors (Lipinski definition) is 1. The lowest BCUT2D eigenvalue weighted by atomic mass is 10.1. The first-order valence-electron chi connectivity index (χ1n) is 7.30. The van der Waals surface area contributed by atoms with E-state index in [9.17, 15) is 0 Å². The summed E-state index contributed by atoms with van der Waals surface area (Å²) < 4.78 is 1.08. The van der Waals surface area contributed by atoms with Gasteiger partial charge in [-0.1, -0.05) is 76.6 Å². The smallest absolute Gasteiger partial charge is 0.101 e. The van der Waals surface area contributed by atoms with Crippen LogP contribution in [0, 0.1) is 0 Å². The van der Waals surface area contributed by atoms with Crippen LogP contribution in [0.25, 0.3) is 11.1 Å². The van der Waals surface area contributed by atoms with Crippen LogP contribution < -0.4 is 0 Å². The first-order valence-corrected chi connectivity index (χ1v) is 8.09. The van der Waals surface area contributed by atoms with Gasteiger partial charge < -0.3 is 0 Å². The van der Waals surface area contributed by atoms with E-state index in [1.165, 1.54) is 22.3 Å². The summed E-state index contributed by atoms with van der Waals surface area (Å²) in [4.78, 5) is 4.87. The van der Waals surface area contributed by atoms with E-state index in [1.807, 2.05) is 18.3 Å². The topological polar surface area (TPSA) is 12.4 Å². The van der Waals surface area contributed by atoms with Crippen LogP contribution in [0.3, 0.4) is 0 Å². The van der Waals surface area contributed by atoms with Crippen LogP contribution in [0.4, 0.5) is 0 Å². The van der Waals surface area contributed by atoms with E-state index in [0.29, 0.717) is 0 Å². The molecule has 0 saturated carbocycles. The average Bonchev–Trinajstić information content (AvgIpc) is 2.89. The minimum atomic E-state index is 0.0936. The molecule has 1 aliphatic carbocycles. The van der Waals surface area contributed by atoms with Gasteiger partial charge in [-0.25, -0.2) is 0 Å². The van der Waals surface area contributed by atoms with Gasteiger partial charge in [0.1, 0.15) is 6.04 Å². The van der Waals surface area contributed by atoms with E-state index >= 15 is 0 Å². The second-order valence-corrected chi connectivity index (χ2v) is 6.32. The maximum Gasteiger partial charge on any atom is 0.101 e. The highest BCUT2D eigenvalue weighted by atomic mass is 79.9. The fourth-order valence-electron chi connectivity index (χ4n) is 3.00. The fraction of sp³-hybridized carbons (Fsp3) is 0.0500. The van der Waals surface area contributed by atoms with E-state index < -0.39 is 0 Å². The zero-order chi connectivity index (χ0) is 14.9. The van der Waals surface area contributed by atoms with Crippen LogP contribution in [0.15, 0.2) is 82.3 Å². The molecular formula is C20H14BrN. The molecule has 0 spiro atoms. The molecule has 0 N–H and O–H groups in total. The summed E-state index contributed by atoms with van der Waals surface area (Å²) in [5.41, 5.74) is 6.30. The standard InChI is InChI=1S/C20H14BrN/c21-15-11-9-14(10-12-15)13-22-20-18-7-3-1-5-16(18)17-6-2-4-8-19(17)20/h1-13,20H. The molecular weight excluding hydrogens is 334 g/mol. The predicted molar refractivity (Wildman–Crippen MR) is 95.5 cm³/mol. The van der Waals surface area contributed by atoms with Crippen molar-refractivity contribution in [2.75, 3.05) is 0 Å². The first-order chi connectivity index (χ1) is 10.8. The Balaban J connectivity index is 1.77. The number of rotatable bonds is 2. The zero-order valence-corrected chi connectivity index (χ0v) is 13.5. The number of halogens is 1. The molecule has 0 aromatic heterocycles. The van der Waals surface area contributed by atoms with E-state index in [2.05, 4.69) is 76.6 Å². The van der Waals surface area contributed by atoms with Crippen LogP contribution in [0.1, 0.15) is 22.7 Å². The Labute approximate surface area is 138 Å². The summed E-state index contributed by atoms with van der Waals surface area (Å²) >= 11 is 3.46. The van der Waals surface area contributed by atoms with Crippen molar-refractivity contribution in [3.8, 4) is 11.1 Å². The van der Waals surface area contributed by atoms with Gasteiger partial charge >= 0.3 is 0 Å².